The topological polar surface area (TPSA) is 33.1 Å². The third-order valence-electron chi connectivity index (χ3n) is 2.58. The minimum absolute atomic E-state index is 0.223. The van der Waals surface area contributed by atoms with Crippen LogP contribution in [0.4, 0.5) is 0 Å². The Morgan fingerprint density at radius 1 is 1.71 bits per heavy atom. The number of thiazole rings is 1. The normalized spacial score (nSPS) is 24.0. The second-order valence-electron chi connectivity index (χ2n) is 3.75. The highest BCUT2D eigenvalue weighted by molar-refractivity contribution is 7.99. The van der Waals surface area contributed by atoms with Crippen molar-refractivity contribution >= 4 is 23.1 Å². The maximum Gasteiger partial charge on any atom is 0.0967 e. The molecule has 0 saturated carbocycles. The summed E-state index contributed by atoms with van der Waals surface area (Å²) in [6, 6.07) is 0. The average Bonchev–Trinajstić information content (AvgIpc) is 2.86. The van der Waals surface area contributed by atoms with Gasteiger partial charge in [0.25, 0.3) is 0 Å². The first-order valence-corrected chi connectivity index (χ1v) is 6.92. The van der Waals surface area contributed by atoms with Gasteiger partial charge >= 0.3 is 0 Å². The summed E-state index contributed by atoms with van der Waals surface area (Å²) in [7, 11) is 0. The van der Waals surface area contributed by atoms with Crippen LogP contribution in [0.25, 0.3) is 0 Å². The van der Waals surface area contributed by atoms with Gasteiger partial charge in [-0.15, -0.1) is 11.3 Å². The molecule has 2 unspecified atom stereocenters. The lowest BCUT2D eigenvalue weighted by molar-refractivity contribution is 0.274. The maximum atomic E-state index is 9.04. The number of nitrogens with zero attached hydrogens (tertiary/aromatic N) is 1. The van der Waals surface area contributed by atoms with Crippen molar-refractivity contribution in [3.63, 3.8) is 0 Å². The molecule has 0 radical (unpaired) electrons. The molecule has 2 atom stereocenters. The quantitative estimate of drug-likeness (QED) is 0.864. The van der Waals surface area contributed by atoms with Crippen molar-refractivity contribution in [3.8, 4) is 0 Å². The molecule has 1 saturated heterocycles. The molecule has 4 heteroatoms. The van der Waals surface area contributed by atoms with Crippen molar-refractivity contribution < 1.29 is 5.11 Å². The predicted octanol–water partition coefficient (Wildman–Crippen LogP) is 2.46. The molecule has 2 heterocycles. The molecule has 78 valence electrons. The fourth-order valence-corrected chi connectivity index (χ4v) is 3.96. The number of aromatic nitrogens is 1. The van der Waals surface area contributed by atoms with Gasteiger partial charge in [-0.1, -0.05) is 6.92 Å². The Kier molecular flexibility index (Phi) is 3.47. The minimum Gasteiger partial charge on any atom is -0.396 e. The molecule has 1 aliphatic heterocycles. The second kappa shape index (κ2) is 4.64. The third-order valence-corrected chi connectivity index (χ3v) is 5.13. The summed E-state index contributed by atoms with van der Waals surface area (Å²) in [6.07, 6.45) is 3.20. The van der Waals surface area contributed by atoms with Gasteiger partial charge in [0.15, 0.2) is 0 Å². The van der Waals surface area contributed by atoms with Crippen molar-refractivity contribution in [1.29, 1.82) is 0 Å². The summed E-state index contributed by atoms with van der Waals surface area (Å²) < 4.78 is 0. The molecule has 0 spiro atoms. The Labute approximate surface area is 92.8 Å². The van der Waals surface area contributed by atoms with Crippen LogP contribution < -0.4 is 0 Å². The van der Waals surface area contributed by atoms with Gasteiger partial charge in [0, 0.05) is 28.7 Å². The predicted molar refractivity (Wildman–Crippen MR) is 62.3 cm³/mol. The zero-order valence-corrected chi connectivity index (χ0v) is 9.90. The molecule has 0 aliphatic carbocycles. The van der Waals surface area contributed by atoms with Crippen molar-refractivity contribution in [1.82, 2.24) is 4.98 Å². The first-order valence-electron chi connectivity index (χ1n) is 4.95. The molecule has 1 aromatic heterocycles. The summed E-state index contributed by atoms with van der Waals surface area (Å²) in [5, 5.41) is 10.3. The number of thioether (sulfide) groups is 1. The Hall–Kier alpha value is -0.0600. The van der Waals surface area contributed by atoms with Crippen LogP contribution in [0.1, 0.15) is 35.1 Å². The summed E-state index contributed by atoms with van der Waals surface area (Å²) in [5.41, 5.74) is 0. The minimum atomic E-state index is 0.223. The van der Waals surface area contributed by atoms with Crippen molar-refractivity contribution in [2.45, 2.75) is 25.2 Å². The van der Waals surface area contributed by atoms with E-state index in [4.69, 9.17) is 5.11 Å². The van der Waals surface area contributed by atoms with Crippen molar-refractivity contribution in [2.75, 3.05) is 18.1 Å². The number of hydrogen-bond donors (Lipinski definition) is 1. The number of aliphatic hydroxyl groups is 1. The monoisotopic (exact) mass is 229 g/mol. The van der Waals surface area contributed by atoms with Crippen LogP contribution in [0.5, 0.6) is 0 Å². The summed E-state index contributed by atoms with van der Waals surface area (Å²) in [5.74, 6) is 3.41. The van der Waals surface area contributed by atoms with Crippen LogP contribution in [-0.2, 0) is 0 Å². The SMILES string of the molecule is CC(CO)c1cnc(C2CCSC2)s1. The summed E-state index contributed by atoms with van der Waals surface area (Å²) in [6.45, 7) is 2.27. The van der Waals surface area contributed by atoms with Crippen LogP contribution in [0.2, 0.25) is 0 Å². The van der Waals surface area contributed by atoms with E-state index in [2.05, 4.69) is 4.98 Å². The number of hydrogen-bond acceptors (Lipinski definition) is 4. The van der Waals surface area contributed by atoms with Gasteiger partial charge in [-0.3, -0.25) is 0 Å². The van der Waals surface area contributed by atoms with E-state index < -0.39 is 0 Å². The molecule has 0 bridgehead atoms. The number of rotatable bonds is 3. The second-order valence-corrected chi connectivity index (χ2v) is 5.99. The zero-order chi connectivity index (χ0) is 9.97. The lowest BCUT2D eigenvalue weighted by Crippen LogP contribution is -1.95. The Balaban J connectivity index is 2.08. The van der Waals surface area contributed by atoms with Gasteiger partial charge in [-0.25, -0.2) is 4.98 Å². The van der Waals surface area contributed by atoms with Gasteiger partial charge in [-0.2, -0.15) is 11.8 Å². The molecular formula is C10H15NOS2. The van der Waals surface area contributed by atoms with Crippen molar-refractivity contribution in [2.24, 2.45) is 0 Å². The Morgan fingerprint density at radius 3 is 3.21 bits per heavy atom. The highest BCUT2D eigenvalue weighted by Crippen LogP contribution is 2.35. The van der Waals surface area contributed by atoms with Crippen LogP contribution in [0.15, 0.2) is 6.20 Å². The smallest absolute Gasteiger partial charge is 0.0967 e. The van der Waals surface area contributed by atoms with E-state index in [1.54, 1.807) is 11.3 Å². The zero-order valence-electron chi connectivity index (χ0n) is 8.27. The standard InChI is InChI=1S/C10H15NOS2/c1-7(5-12)9-4-11-10(14-9)8-2-3-13-6-8/h4,7-8,12H,2-3,5-6H2,1H3. The van der Waals surface area contributed by atoms with E-state index in [0.29, 0.717) is 5.92 Å². The number of aliphatic hydroxyl groups excluding tert-OH is 1. The largest absolute Gasteiger partial charge is 0.396 e. The van der Waals surface area contributed by atoms with Crippen LogP contribution in [-0.4, -0.2) is 28.2 Å². The Morgan fingerprint density at radius 2 is 2.57 bits per heavy atom. The van der Waals surface area contributed by atoms with E-state index in [1.807, 2.05) is 24.9 Å². The molecule has 1 fully saturated rings. The molecule has 0 amide bonds. The molecule has 0 aromatic carbocycles. The first-order chi connectivity index (χ1) is 6.81. The van der Waals surface area contributed by atoms with Crippen LogP contribution in [0.3, 0.4) is 0 Å². The highest BCUT2D eigenvalue weighted by Gasteiger charge is 2.21. The third kappa shape index (κ3) is 2.12. The molecular weight excluding hydrogens is 214 g/mol. The fraction of sp³-hybridized carbons (Fsp3) is 0.700. The molecule has 1 aliphatic rings. The lowest BCUT2D eigenvalue weighted by Gasteiger charge is -2.03. The van der Waals surface area contributed by atoms with Gasteiger partial charge < -0.3 is 5.11 Å². The van der Waals surface area contributed by atoms with E-state index in [0.717, 1.165) is 0 Å². The fourth-order valence-electron chi connectivity index (χ4n) is 1.54. The molecule has 2 rings (SSSR count). The van der Waals surface area contributed by atoms with Gasteiger partial charge in [-0.05, 0) is 12.2 Å². The van der Waals surface area contributed by atoms with E-state index in [-0.39, 0.29) is 12.5 Å². The van der Waals surface area contributed by atoms with Gasteiger partial charge in [0.1, 0.15) is 0 Å². The molecule has 14 heavy (non-hydrogen) atoms. The maximum absolute atomic E-state index is 9.04. The van der Waals surface area contributed by atoms with E-state index in [1.165, 1.54) is 27.8 Å². The highest BCUT2D eigenvalue weighted by atomic mass is 32.2. The average molecular weight is 229 g/mol. The summed E-state index contributed by atoms with van der Waals surface area (Å²) in [4.78, 5) is 5.68. The summed E-state index contributed by atoms with van der Waals surface area (Å²) >= 11 is 3.80. The van der Waals surface area contributed by atoms with Gasteiger partial charge in [0.05, 0.1) is 11.6 Å². The first kappa shape index (κ1) is 10.5. The molecule has 2 nitrogen and oxygen atoms in total. The Bertz CT molecular complexity index is 294. The van der Waals surface area contributed by atoms with E-state index in [9.17, 15) is 0 Å². The van der Waals surface area contributed by atoms with Crippen molar-refractivity contribution in [3.05, 3.63) is 16.1 Å². The van der Waals surface area contributed by atoms with Crippen LogP contribution >= 0.6 is 23.1 Å². The van der Waals surface area contributed by atoms with Gasteiger partial charge in [0.2, 0.25) is 0 Å². The molecule has 1 N–H and O–H groups in total. The lowest BCUT2D eigenvalue weighted by atomic mass is 10.1. The molecule has 1 aromatic rings. The van der Waals surface area contributed by atoms with E-state index >= 15 is 0 Å². The van der Waals surface area contributed by atoms with Crippen LogP contribution in [0, 0.1) is 0 Å².